The van der Waals surface area contributed by atoms with E-state index in [0.717, 1.165) is 0 Å². The van der Waals surface area contributed by atoms with Gasteiger partial charge in [0.25, 0.3) is 0 Å². The lowest BCUT2D eigenvalue weighted by molar-refractivity contribution is -0.118. The fourth-order valence-electron chi connectivity index (χ4n) is 1.88. The monoisotopic (exact) mass is 286 g/mol. The normalized spacial score (nSPS) is 19.9. The lowest BCUT2D eigenvalue weighted by Gasteiger charge is -2.11. The molecule has 2 rings (SSSR count). The Hall–Kier alpha value is -0.940. The molecule has 0 bridgehead atoms. The van der Waals surface area contributed by atoms with E-state index >= 15 is 0 Å². The summed E-state index contributed by atoms with van der Waals surface area (Å²) < 4.78 is 14.3. The number of hydrogen-bond donors (Lipinski definition) is 2. The van der Waals surface area contributed by atoms with Gasteiger partial charge in [0.05, 0.1) is 6.04 Å². The lowest BCUT2D eigenvalue weighted by Crippen LogP contribution is -2.37. The molecular formula is C11H12BrFN2O. The van der Waals surface area contributed by atoms with Crippen LogP contribution in [0.25, 0.3) is 0 Å². The van der Waals surface area contributed by atoms with Crippen molar-refractivity contribution < 1.29 is 9.18 Å². The Morgan fingerprint density at radius 2 is 2.31 bits per heavy atom. The molecule has 2 N–H and O–H groups in total. The first-order valence-corrected chi connectivity index (χ1v) is 5.87. The number of nitrogens with one attached hydrogen (secondary N) is 2. The maximum Gasteiger partial charge on any atom is 0.241 e. The summed E-state index contributed by atoms with van der Waals surface area (Å²) in [4.78, 5) is 11.7. The molecule has 0 radical (unpaired) electrons. The minimum absolute atomic E-state index is 0.112. The van der Waals surface area contributed by atoms with Crippen LogP contribution in [0.15, 0.2) is 16.6 Å². The molecule has 1 aliphatic heterocycles. The van der Waals surface area contributed by atoms with Crippen LogP contribution in [0.2, 0.25) is 0 Å². The fourth-order valence-corrected chi connectivity index (χ4v) is 2.31. The molecule has 5 heteroatoms. The highest BCUT2D eigenvalue weighted by Crippen LogP contribution is 2.28. The molecular weight excluding hydrogens is 275 g/mol. The van der Waals surface area contributed by atoms with Crippen LogP contribution < -0.4 is 10.6 Å². The Morgan fingerprint density at radius 1 is 1.56 bits per heavy atom. The minimum atomic E-state index is -0.276. The third-order valence-corrected chi connectivity index (χ3v) is 3.22. The van der Waals surface area contributed by atoms with Crippen LogP contribution >= 0.6 is 15.9 Å². The van der Waals surface area contributed by atoms with E-state index in [9.17, 15) is 9.18 Å². The topological polar surface area (TPSA) is 41.1 Å². The van der Waals surface area contributed by atoms with Gasteiger partial charge >= 0.3 is 0 Å². The first kappa shape index (κ1) is 11.5. The highest BCUT2D eigenvalue weighted by atomic mass is 79.9. The highest BCUT2D eigenvalue weighted by molar-refractivity contribution is 9.10. The number of carbonyl (C=O) groups excluding carboxylic acids is 1. The van der Waals surface area contributed by atoms with Crippen LogP contribution in [0.5, 0.6) is 0 Å². The summed E-state index contributed by atoms with van der Waals surface area (Å²) in [6.07, 6.45) is 1.16. The van der Waals surface area contributed by atoms with Gasteiger partial charge in [0.1, 0.15) is 5.82 Å². The molecule has 0 saturated heterocycles. The summed E-state index contributed by atoms with van der Waals surface area (Å²) >= 11 is 3.21. The number of amides is 1. The van der Waals surface area contributed by atoms with Gasteiger partial charge in [-0.05, 0) is 32.0 Å². The zero-order valence-corrected chi connectivity index (χ0v) is 10.4. The number of anilines is 1. The van der Waals surface area contributed by atoms with Crippen molar-refractivity contribution in [1.29, 1.82) is 0 Å². The molecule has 0 aromatic heterocycles. The van der Waals surface area contributed by atoms with Crippen LogP contribution in [-0.2, 0) is 11.2 Å². The van der Waals surface area contributed by atoms with Crippen LogP contribution in [0.1, 0.15) is 12.0 Å². The lowest BCUT2D eigenvalue weighted by atomic mass is 10.1. The number of carbonyl (C=O) groups is 1. The second-order valence-electron chi connectivity index (χ2n) is 3.78. The molecule has 1 amide bonds. The van der Waals surface area contributed by atoms with Crippen molar-refractivity contribution in [2.45, 2.75) is 18.9 Å². The van der Waals surface area contributed by atoms with Crippen molar-refractivity contribution in [3.63, 3.8) is 0 Å². The Kier molecular flexibility index (Phi) is 3.25. The van der Waals surface area contributed by atoms with Crippen LogP contribution in [0, 0.1) is 5.82 Å². The number of rotatable bonds is 1. The molecule has 1 heterocycles. The number of hydrogen-bond acceptors (Lipinski definition) is 2. The van der Waals surface area contributed by atoms with E-state index in [-0.39, 0.29) is 17.8 Å². The second kappa shape index (κ2) is 4.51. The van der Waals surface area contributed by atoms with Crippen molar-refractivity contribution in [1.82, 2.24) is 5.32 Å². The molecule has 1 aromatic carbocycles. The van der Waals surface area contributed by atoms with Gasteiger partial charge in [-0.1, -0.05) is 15.9 Å². The predicted octanol–water partition coefficient (Wildman–Crippen LogP) is 2.06. The van der Waals surface area contributed by atoms with Gasteiger partial charge < -0.3 is 10.6 Å². The summed E-state index contributed by atoms with van der Waals surface area (Å²) in [5.74, 6) is -0.389. The summed E-state index contributed by atoms with van der Waals surface area (Å²) in [5.41, 5.74) is 1.14. The highest BCUT2D eigenvalue weighted by Gasteiger charge is 2.24. The summed E-state index contributed by atoms with van der Waals surface area (Å²) in [6, 6.07) is 2.89. The van der Waals surface area contributed by atoms with E-state index in [1.807, 2.05) is 0 Å². The van der Waals surface area contributed by atoms with Gasteiger partial charge in [-0.3, -0.25) is 4.79 Å². The van der Waals surface area contributed by atoms with E-state index in [1.54, 1.807) is 13.1 Å². The van der Waals surface area contributed by atoms with Gasteiger partial charge in [0.15, 0.2) is 0 Å². The van der Waals surface area contributed by atoms with Gasteiger partial charge in [0, 0.05) is 15.7 Å². The summed E-state index contributed by atoms with van der Waals surface area (Å²) in [6.45, 7) is 0. The first-order valence-electron chi connectivity index (χ1n) is 5.08. The van der Waals surface area contributed by atoms with Gasteiger partial charge in [-0.2, -0.15) is 0 Å². The molecule has 1 aliphatic rings. The Balaban J connectivity index is 2.40. The molecule has 0 aliphatic carbocycles. The molecule has 3 nitrogen and oxygen atoms in total. The standard InChI is InChI=1S/C11H12BrFN2O/c1-14-9-3-2-7-8(13)4-6(12)5-10(7)15-11(9)16/h4-5,9,14H,2-3H2,1H3,(H,15,16). The molecule has 0 spiro atoms. The Morgan fingerprint density at radius 3 is 3.00 bits per heavy atom. The molecule has 1 unspecified atom stereocenters. The van der Waals surface area contributed by atoms with Crippen molar-refractivity contribution in [2.75, 3.05) is 12.4 Å². The van der Waals surface area contributed by atoms with Crippen molar-refractivity contribution in [3.05, 3.63) is 28.0 Å². The molecule has 16 heavy (non-hydrogen) atoms. The maximum atomic E-state index is 13.7. The maximum absolute atomic E-state index is 13.7. The fraction of sp³-hybridized carbons (Fsp3) is 0.364. The Labute approximate surface area is 102 Å². The van der Waals surface area contributed by atoms with E-state index < -0.39 is 0 Å². The van der Waals surface area contributed by atoms with Crippen molar-refractivity contribution in [3.8, 4) is 0 Å². The third-order valence-electron chi connectivity index (χ3n) is 2.77. The number of benzene rings is 1. The van der Waals surface area contributed by atoms with E-state index in [4.69, 9.17) is 0 Å². The van der Waals surface area contributed by atoms with Crippen LogP contribution in [0.3, 0.4) is 0 Å². The number of likely N-dealkylation sites (N-methyl/N-ethyl adjacent to an activating group) is 1. The SMILES string of the molecule is CNC1CCc2c(F)cc(Br)cc2NC1=O. The smallest absolute Gasteiger partial charge is 0.241 e. The average molecular weight is 287 g/mol. The van der Waals surface area contributed by atoms with E-state index in [0.29, 0.717) is 28.6 Å². The average Bonchev–Trinajstić information content (AvgIpc) is 2.36. The summed E-state index contributed by atoms with van der Waals surface area (Å²) in [5, 5.41) is 5.65. The van der Waals surface area contributed by atoms with Crippen molar-refractivity contribution in [2.24, 2.45) is 0 Å². The molecule has 1 atom stereocenters. The van der Waals surface area contributed by atoms with Gasteiger partial charge in [-0.15, -0.1) is 0 Å². The molecule has 0 fully saturated rings. The first-order chi connectivity index (χ1) is 7.61. The zero-order chi connectivity index (χ0) is 11.7. The summed E-state index contributed by atoms with van der Waals surface area (Å²) in [7, 11) is 1.73. The second-order valence-corrected chi connectivity index (χ2v) is 4.70. The van der Waals surface area contributed by atoms with E-state index in [2.05, 4.69) is 26.6 Å². The quantitative estimate of drug-likeness (QED) is 0.830. The van der Waals surface area contributed by atoms with Crippen LogP contribution in [-0.4, -0.2) is 19.0 Å². The molecule has 0 saturated carbocycles. The zero-order valence-electron chi connectivity index (χ0n) is 8.81. The third kappa shape index (κ3) is 2.10. The Bertz CT molecular complexity index is 436. The molecule has 1 aromatic rings. The van der Waals surface area contributed by atoms with Gasteiger partial charge in [0.2, 0.25) is 5.91 Å². The predicted molar refractivity (Wildman–Crippen MR) is 63.9 cm³/mol. The van der Waals surface area contributed by atoms with E-state index in [1.165, 1.54) is 6.07 Å². The largest absolute Gasteiger partial charge is 0.324 e. The number of halogens is 2. The van der Waals surface area contributed by atoms with Gasteiger partial charge in [-0.25, -0.2) is 4.39 Å². The number of fused-ring (bicyclic) bond motifs is 1. The molecule has 86 valence electrons. The minimum Gasteiger partial charge on any atom is -0.324 e. The van der Waals surface area contributed by atoms with Crippen molar-refractivity contribution >= 4 is 27.5 Å². The van der Waals surface area contributed by atoms with Crippen LogP contribution in [0.4, 0.5) is 10.1 Å².